The molecule has 1 saturated carbocycles. The van der Waals surface area contributed by atoms with Crippen LogP contribution in [0, 0.1) is 5.82 Å². The van der Waals surface area contributed by atoms with Gasteiger partial charge in [0.05, 0.1) is 39.2 Å². The van der Waals surface area contributed by atoms with E-state index in [1.165, 1.54) is 0 Å². The summed E-state index contributed by atoms with van der Waals surface area (Å²) >= 11 is 0. The molecule has 2 fully saturated rings. The number of hydrogen-bond acceptors (Lipinski definition) is 12. The van der Waals surface area contributed by atoms with Gasteiger partial charge in [0.25, 0.3) is 0 Å². The molecule has 286 valence electrons. The van der Waals surface area contributed by atoms with Crippen LogP contribution in [0.5, 0.6) is 5.75 Å². The Kier molecular flexibility index (Phi) is 11.7. The van der Waals surface area contributed by atoms with E-state index >= 15 is 4.39 Å². The minimum absolute atomic E-state index is 0.0791. The molecule has 2 aliphatic heterocycles. The topological polar surface area (TPSA) is 124 Å². The van der Waals surface area contributed by atoms with Gasteiger partial charge in [-0.05, 0) is 69.9 Å². The molecule has 3 heterocycles. The van der Waals surface area contributed by atoms with E-state index in [-0.39, 0.29) is 44.0 Å². The number of piperazine rings is 1. The van der Waals surface area contributed by atoms with Crippen LogP contribution < -0.4 is 25.7 Å². The van der Waals surface area contributed by atoms with Crippen molar-refractivity contribution in [3.63, 3.8) is 0 Å². The van der Waals surface area contributed by atoms with Crippen molar-refractivity contribution in [1.82, 2.24) is 4.90 Å². The minimum Gasteiger partial charge on any atom is -0.492 e. The van der Waals surface area contributed by atoms with Crippen LogP contribution in [-0.2, 0) is 29.2 Å². The summed E-state index contributed by atoms with van der Waals surface area (Å²) in [4.78, 5) is 18.8. The van der Waals surface area contributed by atoms with Crippen molar-refractivity contribution in [3.8, 4) is 17.1 Å². The molecule has 0 radical (unpaired) electrons. The second-order valence-corrected chi connectivity index (χ2v) is 18.2. The average molecular weight is 772 g/mol. The van der Waals surface area contributed by atoms with Gasteiger partial charge in [-0.1, -0.05) is 31.4 Å². The third-order valence-corrected chi connectivity index (χ3v) is 15.6. The van der Waals surface area contributed by atoms with Gasteiger partial charge in [0.15, 0.2) is 23.1 Å². The standard InChI is InChI=1S/C38H48FN3O9P2/c1-8-27-22-42(29-14-15-29)34-31(26(27)6)20-32(39)35(37(34)46-7)41-19-18-40(25(5)21-41)23-33-36(51-38(43)50-33)28-12-16-30(17-13-28)52(44,47-9-2)24-53(45,48-10-3)49-11-4/h8,12-13,16-17,20,22,25,29H,1,6,9-11,14-15,18-19,21,23-24H2,2-5,7H3. The van der Waals surface area contributed by atoms with Gasteiger partial charge in [0.2, 0.25) is 7.37 Å². The van der Waals surface area contributed by atoms with Crippen LogP contribution in [0.4, 0.5) is 15.8 Å². The third-order valence-electron chi connectivity index (χ3n) is 9.70. The second kappa shape index (κ2) is 16.0. The molecule has 12 nitrogen and oxygen atoms in total. The van der Waals surface area contributed by atoms with Crippen molar-refractivity contribution in [3.05, 3.63) is 89.1 Å². The largest absolute Gasteiger partial charge is 0.519 e. The van der Waals surface area contributed by atoms with E-state index in [4.69, 9.17) is 27.1 Å². The number of rotatable bonds is 16. The number of hydrogen-bond donors (Lipinski definition) is 0. The summed E-state index contributed by atoms with van der Waals surface area (Å²) in [5.74, 6) is -0.598. The highest BCUT2D eigenvalue weighted by atomic mass is 31.2. The fourth-order valence-corrected chi connectivity index (χ4v) is 12.6. The molecule has 0 spiro atoms. The predicted molar refractivity (Wildman–Crippen MR) is 205 cm³/mol. The quantitative estimate of drug-likeness (QED) is 0.131. The summed E-state index contributed by atoms with van der Waals surface area (Å²) in [5.41, 5.74) is 4.02. The van der Waals surface area contributed by atoms with Crippen LogP contribution in [0.15, 0.2) is 75.0 Å². The lowest BCUT2D eigenvalue weighted by Crippen LogP contribution is -2.51. The highest BCUT2D eigenvalue weighted by Gasteiger charge is 2.40. The zero-order valence-corrected chi connectivity index (χ0v) is 32.8. The van der Waals surface area contributed by atoms with E-state index in [0.717, 1.165) is 24.1 Å². The SMILES string of the molecule is C=CC1=CN(C2CC2)c2c(cc(F)c(N3CCN(Cc4oc(=O)oc4-c4ccc(P(=O)(CP(=O)(OCC)OCC)OCC)cc4)C(C)C3)c2OC)C1=C. The molecule has 2 unspecified atom stereocenters. The lowest BCUT2D eigenvalue weighted by Gasteiger charge is -2.42. The fraction of sp³-hybridized carbons (Fsp3) is 0.447. The predicted octanol–water partition coefficient (Wildman–Crippen LogP) is 7.99. The molecule has 3 aromatic rings. The Bertz CT molecular complexity index is 2030. The first kappa shape index (κ1) is 39.0. The molecule has 0 amide bonds. The van der Waals surface area contributed by atoms with Gasteiger partial charge < -0.3 is 36.9 Å². The minimum atomic E-state index is -3.70. The molecule has 6 rings (SSSR count). The molecular weight excluding hydrogens is 723 g/mol. The van der Waals surface area contributed by atoms with Gasteiger partial charge in [-0.25, -0.2) is 9.18 Å². The summed E-state index contributed by atoms with van der Waals surface area (Å²) in [5, 5.41) is 0.325. The molecule has 1 aromatic heterocycles. The van der Waals surface area contributed by atoms with Crippen LogP contribution in [-0.4, -0.2) is 69.5 Å². The van der Waals surface area contributed by atoms with Crippen LogP contribution in [0.25, 0.3) is 16.9 Å². The first-order valence-electron chi connectivity index (χ1n) is 18.0. The van der Waals surface area contributed by atoms with Gasteiger partial charge in [0, 0.05) is 54.3 Å². The highest BCUT2D eigenvalue weighted by Crippen LogP contribution is 2.63. The molecule has 1 aliphatic carbocycles. The Labute approximate surface area is 309 Å². The molecule has 2 aromatic carbocycles. The van der Waals surface area contributed by atoms with Crippen LogP contribution in [0.2, 0.25) is 0 Å². The van der Waals surface area contributed by atoms with Gasteiger partial charge in [-0.2, -0.15) is 0 Å². The maximum atomic E-state index is 16.1. The van der Waals surface area contributed by atoms with Crippen LogP contribution in [0.1, 0.15) is 51.9 Å². The Morgan fingerprint density at radius 1 is 1.00 bits per heavy atom. The average Bonchev–Trinajstić information content (AvgIpc) is 3.90. The lowest BCUT2D eigenvalue weighted by atomic mass is 9.92. The number of nitrogens with zero attached hydrogens (tertiary/aromatic N) is 3. The first-order chi connectivity index (χ1) is 25.4. The van der Waals surface area contributed by atoms with Crippen molar-refractivity contribution < 1.29 is 40.7 Å². The smallest absolute Gasteiger partial charge is 0.492 e. The number of anilines is 2. The summed E-state index contributed by atoms with van der Waals surface area (Å²) in [6.45, 7) is 17.4. The molecule has 0 N–H and O–H groups in total. The maximum absolute atomic E-state index is 16.1. The van der Waals surface area contributed by atoms with Crippen molar-refractivity contribution in [2.75, 3.05) is 62.3 Å². The van der Waals surface area contributed by atoms with Gasteiger partial charge in [-0.3, -0.25) is 14.0 Å². The first-order valence-corrected chi connectivity index (χ1v) is 21.5. The highest BCUT2D eigenvalue weighted by molar-refractivity contribution is 7.78. The molecular formula is C38H48FN3O9P2. The van der Waals surface area contributed by atoms with Gasteiger partial charge in [-0.15, -0.1) is 0 Å². The zero-order chi connectivity index (χ0) is 38.1. The Morgan fingerprint density at radius 3 is 2.26 bits per heavy atom. The van der Waals surface area contributed by atoms with E-state index < -0.39 is 26.7 Å². The number of benzene rings is 2. The van der Waals surface area contributed by atoms with E-state index in [9.17, 15) is 13.9 Å². The lowest BCUT2D eigenvalue weighted by molar-refractivity contribution is 0.166. The number of halogens is 1. The summed E-state index contributed by atoms with van der Waals surface area (Å²) < 4.78 is 77.0. The number of ether oxygens (including phenoxy) is 1. The normalized spacial score (nSPS) is 19.2. The van der Waals surface area contributed by atoms with Crippen molar-refractivity contribution >= 4 is 37.2 Å². The Hall–Kier alpha value is -3.70. The van der Waals surface area contributed by atoms with Crippen molar-refractivity contribution in [2.24, 2.45) is 0 Å². The molecule has 1 saturated heterocycles. The fourth-order valence-electron chi connectivity index (χ4n) is 7.08. The van der Waals surface area contributed by atoms with Crippen molar-refractivity contribution in [1.29, 1.82) is 0 Å². The summed E-state index contributed by atoms with van der Waals surface area (Å²) in [6.07, 6.45) is 5.85. The van der Waals surface area contributed by atoms with Gasteiger partial charge >= 0.3 is 13.4 Å². The maximum Gasteiger partial charge on any atom is 0.519 e. The Morgan fingerprint density at radius 2 is 1.68 bits per heavy atom. The summed E-state index contributed by atoms with van der Waals surface area (Å²) in [6, 6.07) is 8.29. The number of methoxy groups -OCH3 is 1. The van der Waals surface area contributed by atoms with E-state index in [2.05, 4.69) is 23.0 Å². The van der Waals surface area contributed by atoms with Crippen LogP contribution >= 0.6 is 15.0 Å². The molecule has 0 bridgehead atoms. The van der Waals surface area contributed by atoms with E-state index in [1.54, 1.807) is 64.3 Å². The molecule has 15 heteroatoms. The van der Waals surface area contributed by atoms with Crippen LogP contribution in [0.3, 0.4) is 0 Å². The molecule has 2 atom stereocenters. The molecule has 53 heavy (non-hydrogen) atoms. The third kappa shape index (κ3) is 7.93. The monoisotopic (exact) mass is 771 g/mol. The van der Waals surface area contributed by atoms with Crippen molar-refractivity contribution in [2.45, 2.75) is 59.2 Å². The van der Waals surface area contributed by atoms with Gasteiger partial charge in [0.1, 0.15) is 11.6 Å². The zero-order valence-electron chi connectivity index (χ0n) is 31.0. The number of allylic oxidation sites excluding steroid dienone is 3. The second-order valence-electron chi connectivity index (χ2n) is 13.2. The van der Waals surface area contributed by atoms with E-state index in [1.807, 2.05) is 18.0 Å². The number of fused-ring (bicyclic) bond motifs is 1. The molecule has 3 aliphatic rings. The summed E-state index contributed by atoms with van der Waals surface area (Å²) in [7, 11) is -5.78. The van der Waals surface area contributed by atoms with E-state index in [0.29, 0.717) is 64.9 Å². The Balaban J connectivity index is 1.21.